The summed E-state index contributed by atoms with van der Waals surface area (Å²) in [5.41, 5.74) is 5.09. The summed E-state index contributed by atoms with van der Waals surface area (Å²) in [5.74, 6) is 0. The fourth-order valence-electron chi connectivity index (χ4n) is 2.38. The van der Waals surface area contributed by atoms with Crippen molar-refractivity contribution in [1.82, 2.24) is 19.6 Å². The molecule has 0 aliphatic rings. The summed E-state index contributed by atoms with van der Waals surface area (Å²) in [5, 5.41) is 7.90. The van der Waals surface area contributed by atoms with Gasteiger partial charge in [0.25, 0.3) is 0 Å². The maximum atomic E-state index is 4.48. The summed E-state index contributed by atoms with van der Waals surface area (Å²) in [6.45, 7) is 6.15. The molecule has 0 aliphatic heterocycles. The lowest BCUT2D eigenvalue weighted by Crippen LogP contribution is -2.11. The van der Waals surface area contributed by atoms with E-state index in [9.17, 15) is 0 Å². The summed E-state index contributed by atoms with van der Waals surface area (Å²) in [7, 11) is 0. The summed E-state index contributed by atoms with van der Waals surface area (Å²) in [4.78, 5) is 8.58. The van der Waals surface area contributed by atoms with Gasteiger partial charge in [-0.3, -0.25) is 4.98 Å². The molecule has 1 atom stereocenters. The minimum atomic E-state index is 0.139. The van der Waals surface area contributed by atoms with Crippen LogP contribution in [-0.4, -0.2) is 19.6 Å². The van der Waals surface area contributed by atoms with Crippen LogP contribution < -0.4 is 5.32 Å². The van der Waals surface area contributed by atoms with Crippen molar-refractivity contribution in [2.24, 2.45) is 0 Å². The molecule has 0 spiro atoms. The molecular weight excluding hydrogens is 250 g/mol. The first-order valence-corrected chi connectivity index (χ1v) is 6.63. The minimum Gasteiger partial charge on any atom is -0.377 e. The van der Waals surface area contributed by atoms with Crippen LogP contribution in [0.15, 0.2) is 36.8 Å². The summed E-state index contributed by atoms with van der Waals surface area (Å²) >= 11 is 0. The maximum absolute atomic E-state index is 4.48. The first kappa shape index (κ1) is 12.6. The van der Waals surface area contributed by atoms with E-state index in [0.717, 1.165) is 28.3 Å². The monoisotopic (exact) mass is 267 g/mol. The maximum Gasteiger partial charge on any atom is 0.155 e. The van der Waals surface area contributed by atoms with Crippen molar-refractivity contribution in [3.05, 3.63) is 53.7 Å². The van der Waals surface area contributed by atoms with Gasteiger partial charge in [0.05, 0.1) is 17.4 Å². The fourth-order valence-corrected chi connectivity index (χ4v) is 2.38. The van der Waals surface area contributed by atoms with E-state index in [1.54, 1.807) is 6.20 Å². The number of pyridine rings is 1. The molecule has 5 nitrogen and oxygen atoms in total. The zero-order valence-electron chi connectivity index (χ0n) is 11.8. The van der Waals surface area contributed by atoms with E-state index in [4.69, 9.17) is 0 Å². The molecule has 1 unspecified atom stereocenters. The Labute approximate surface area is 117 Å². The first-order valence-electron chi connectivity index (χ1n) is 6.63. The van der Waals surface area contributed by atoms with Crippen LogP contribution in [0.1, 0.15) is 29.9 Å². The minimum absolute atomic E-state index is 0.139. The van der Waals surface area contributed by atoms with Gasteiger partial charge in [-0.2, -0.15) is 5.10 Å². The van der Waals surface area contributed by atoms with E-state index in [0.29, 0.717) is 0 Å². The first-order chi connectivity index (χ1) is 9.65. The molecule has 5 heteroatoms. The Morgan fingerprint density at radius 2 is 2.10 bits per heavy atom. The molecule has 0 fully saturated rings. The molecule has 3 heterocycles. The Bertz CT molecular complexity index is 733. The molecule has 0 radical (unpaired) electrons. The van der Waals surface area contributed by atoms with Crippen LogP contribution in [0.2, 0.25) is 0 Å². The summed E-state index contributed by atoms with van der Waals surface area (Å²) < 4.78 is 1.89. The second kappa shape index (κ2) is 4.92. The van der Waals surface area contributed by atoms with Crippen molar-refractivity contribution < 1.29 is 0 Å². The largest absolute Gasteiger partial charge is 0.377 e. The van der Waals surface area contributed by atoms with Crippen LogP contribution >= 0.6 is 0 Å². The highest BCUT2D eigenvalue weighted by Crippen LogP contribution is 2.21. The van der Waals surface area contributed by atoms with Crippen molar-refractivity contribution in [1.29, 1.82) is 0 Å². The van der Waals surface area contributed by atoms with Gasteiger partial charge in [0.1, 0.15) is 0 Å². The second-order valence-corrected chi connectivity index (χ2v) is 4.96. The molecular formula is C15H17N5. The predicted molar refractivity (Wildman–Crippen MR) is 78.7 cm³/mol. The van der Waals surface area contributed by atoms with Crippen molar-refractivity contribution in [2.75, 3.05) is 5.32 Å². The number of aryl methyl sites for hydroxylation is 2. The van der Waals surface area contributed by atoms with Gasteiger partial charge in [-0.05, 0) is 32.9 Å². The number of aromatic nitrogens is 4. The molecule has 3 aromatic heterocycles. The smallest absolute Gasteiger partial charge is 0.155 e. The number of hydrogen-bond donors (Lipinski definition) is 1. The Hall–Kier alpha value is -2.43. The molecule has 0 bridgehead atoms. The third-order valence-electron chi connectivity index (χ3n) is 3.40. The topological polar surface area (TPSA) is 55.1 Å². The number of anilines is 1. The predicted octanol–water partition coefficient (Wildman–Crippen LogP) is 2.91. The highest BCUT2D eigenvalue weighted by Gasteiger charge is 2.13. The van der Waals surface area contributed by atoms with E-state index in [1.165, 1.54) is 0 Å². The number of nitrogens with one attached hydrogen (secondary N) is 1. The number of rotatable bonds is 3. The van der Waals surface area contributed by atoms with Crippen LogP contribution in [0.4, 0.5) is 5.69 Å². The van der Waals surface area contributed by atoms with E-state index in [1.807, 2.05) is 42.0 Å². The van der Waals surface area contributed by atoms with Crippen LogP contribution in [-0.2, 0) is 0 Å². The number of hydrogen-bond acceptors (Lipinski definition) is 4. The van der Waals surface area contributed by atoms with Crippen molar-refractivity contribution >= 4 is 11.3 Å². The normalized spacial score (nSPS) is 12.6. The molecule has 0 saturated heterocycles. The van der Waals surface area contributed by atoms with Gasteiger partial charge >= 0.3 is 0 Å². The van der Waals surface area contributed by atoms with Crippen LogP contribution in [0.3, 0.4) is 0 Å². The Morgan fingerprint density at radius 3 is 2.85 bits per heavy atom. The van der Waals surface area contributed by atoms with E-state index >= 15 is 0 Å². The molecule has 3 aromatic rings. The van der Waals surface area contributed by atoms with Gasteiger partial charge in [0, 0.05) is 35.9 Å². The van der Waals surface area contributed by atoms with Gasteiger partial charge in [0.15, 0.2) is 5.65 Å². The Morgan fingerprint density at radius 1 is 1.25 bits per heavy atom. The fraction of sp³-hybridized carbons (Fsp3) is 0.267. The zero-order chi connectivity index (χ0) is 14.1. The third-order valence-corrected chi connectivity index (χ3v) is 3.40. The molecule has 0 aromatic carbocycles. The van der Waals surface area contributed by atoms with E-state index in [2.05, 4.69) is 34.2 Å². The molecule has 1 N–H and O–H groups in total. The van der Waals surface area contributed by atoms with E-state index in [-0.39, 0.29) is 6.04 Å². The van der Waals surface area contributed by atoms with Gasteiger partial charge in [-0.15, -0.1) is 0 Å². The summed E-state index contributed by atoms with van der Waals surface area (Å²) in [6.07, 6.45) is 5.50. The molecule has 0 aliphatic carbocycles. The number of fused-ring (bicyclic) bond motifs is 1. The molecule has 0 amide bonds. The van der Waals surface area contributed by atoms with Crippen molar-refractivity contribution in [2.45, 2.75) is 26.8 Å². The quantitative estimate of drug-likeness (QED) is 0.792. The van der Waals surface area contributed by atoms with Crippen LogP contribution in [0, 0.1) is 13.8 Å². The SMILES string of the molecule is Cc1cc2ncc(C(C)Nc3cccnc3)c(C)n2n1. The molecule has 102 valence electrons. The Kier molecular flexibility index (Phi) is 3.10. The highest BCUT2D eigenvalue weighted by atomic mass is 15.3. The standard InChI is InChI=1S/C15H17N5/c1-10-7-15-17-9-14(12(3)20(15)19-10)11(2)18-13-5-4-6-16-8-13/h4-9,11,18H,1-3H3. The van der Waals surface area contributed by atoms with Gasteiger partial charge in [0.2, 0.25) is 0 Å². The van der Waals surface area contributed by atoms with Crippen molar-refractivity contribution in [3.63, 3.8) is 0 Å². The second-order valence-electron chi connectivity index (χ2n) is 4.96. The van der Waals surface area contributed by atoms with E-state index < -0.39 is 0 Å². The average molecular weight is 267 g/mol. The zero-order valence-corrected chi connectivity index (χ0v) is 11.8. The Balaban J connectivity index is 1.95. The lowest BCUT2D eigenvalue weighted by atomic mass is 10.1. The van der Waals surface area contributed by atoms with Crippen LogP contribution in [0.5, 0.6) is 0 Å². The average Bonchev–Trinajstić information content (AvgIpc) is 2.82. The van der Waals surface area contributed by atoms with Gasteiger partial charge in [-0.1, -0.05) is 0 Å². The number of nitrogens with zero attached hydrogens (tertiary/aromatic N) is 4. The third kappa shape index (κ3) is 2.22. The van der Waals surface area contributed by atoms with Crippen molar-refractivity contribution in [3.8, 4) is 0 Å². The van der Waals surface area contributed by atoms with Crippen LogP contribution in [0.25, 0.3) is 5.65 Å². The summed E-state index contributed by atoms with van der Waals surface area (Å²) in [6, 6.07) is 6.04. The molecule has 3 rings (SSSR count). The lowest BCUT2D eigenvalue weighted by Gasteiger charge is -2.17. The molecule has 0 saturated carbocycles. The van der Waals surface area contributed by atoms with Gasteiger partial charge in [-0.25, -0.2) is 9.50 Å². The lowest BCUT2D eigenvalue weighted by molar-refractivity contribution is 0.797. The van der Waals surface area contributed by atoms with Gasteiger partial charge < -0.3 is 5.32 Å². The molecule has 20 heavy (non-hydrogen) atoms. The highest BCUT2D eigenvalue weighted by molar-refractivity contribution is 5.46.